The lowest BCUT2D eigenvalue weighted by Gasteiger charge is -2.33. The van der Waals surface area contributed by atoms with Gasteiger partial charge in [0, 0.05) is 25.7 Å². The first-order valence-corrected chi connectivity index (χ1v) is 10.8. The summed E-state index contributed by atoms with van der Waals surface area (Å²) in [4.78, 5) is 14.2. The number of benzene rings is 1. The van der Waals surface area contributed by atoms with E-state index in [1.807, 2.05) is 0 Å². The molecule has 0 aliphatic carbocycles. The number of likely N-dealkylation sites (tertiary alicyclic amines) is 1. The zero-order valence-corrected chi connectivity index (χ0v) is 16.0. The Hall–Kier alpha value is -1.46. The van der Waals surface area contributed by atoms with E-state index < -0.39 is 23.1 Å². The molecule has 2 heterocycles. The summed E-state index contributed by atoms with van der Waals surface area (Å²) in [5, 5.41) is 21.9. The van der Waals surface area contributed by atoms with E-state index in [0.717, 1.165) is 19.3 Å². The summed E-state index contributed by atoms with van der Waals surface area (Å²) in [6.07, 6.45) is 2.84. The number of piperidine rings is 1. The number of rotatable bonds is 6. The molecule has 0 saturated carbocycles. The third kappa shape index (κ3) is 4.70. The minimum Gasteiger partial charge on any atom is -0.426 e. The van der Waals surface area contributed by atoms with Crippen molar-refractivity contribution in [1.82, 2.24) is 14.5 Å². The molecule has 3 N–H and O–H groups in total. The Morgan fingerprint density at radius 2 is 1.85 bits per heavy atom. The Morgan fingerprint density at radius 3 is 2.56 bits per heavy atom. The average molecular weight is 395 g/mol. The van der Waals surface area contributed by atoms with E-state index >= 15 is 0 Å². The quantitative estimate of drug-likeness (QED) is 0.557. The van der Waals surface area contributed by atoms with Crippen LogP contribution in [0, 0.1) is 0 Å². The highest BCUT2D eigenvalue weighted by Crippen LogP contribution is 2.21. The maximum absolute atomic E-state index is 12.8. The zero-order chi connectivity index (χ0) is 19.4. The molecule has 148 valence electrons. The Labute approximate surface area is 160 Å². The van der Waals surface area contributed by atoms with Crippen molar-refractivity contribution in [3.05, 3.63) is 30.3 Å². The molecule has 0 bridgehead atoms. The number of nitrogens with one attached hydrogen (secondary N) is 1. The lowest BCUT2D eigenvalue weighted by atomic mass is 9.78. The molecule has 8 nitrogen and oxygen atoms in total. The third-order valence-corrected chi connectivity index (χ3v) is 7.15. The molecule has 1 aromatic carbocycles. The van der Waals surface area contributed by atoms with Crippen molar-refractivity contribution in [2.75, 3.05) is 26.2 Å². The van der Waals surface area contributed by atoms with E-state index in [-0.39, 0.29) is 23.4 Å². The molecule has 10 heteroatoms. The smallest absolute Gasteiger partial charge is 0.426 e. The fraction of sp³-hybridized carbons (Fsp3) is 0.588. The molecule has 0 aromatic heterocycles. The van der Waals surface area contributed by atoms with Crippen LogP contribution in [0.1, 0.15) is 25.7 Å². The molecule has 0 radical (unpaired) electrons. The molecule has 2 fully saturated rings. The second-order valence-corrected chi connectivity index (χ2v) is 9.04. The fourth-order valence-corrected chi connectivity index (χ4v) is 5.36. The second kappa shape index (κ2) is 8.70. The molecule has 2 atom stereocenters. The fourth-order valence-electron chi connectivity index (χ4n) is 3.81. The minimum absolute atomic E-state index is 0.0626. The van der Waals surface area contributed by atoms with E-state index in [1.165, 1.54) is 9.21 Å². The monoisotopic (exact) mass is 395 g/mol. The Morgan fingerprint density at radius 1 is 1.15 bits per heavy atom. The molecule has 2 saturated heterocycles. The molecule has 1 aromatic rings. The van der Waals surface area contributed by atoms with Gasteiger partial charge < -0.3 is 20.3 Å². The number of hydrogen-bond acceptors (Lipinski definition) is 6. The zero-order valence-electron chi connectivity index (χ0n) is 15.2. The minimum atomic E-state index is -3.54. The molecule has 0 spiro atoms. The van der Waals surface area contributed by atoms with Crippen LogP contribution in [0.3, 0.4) is 0 Å². The van der Waals surface area contributed by atoms with Crippen LogP contribution in [-0.2, 0) is 14.8 Å². The van der Waals surface area contributed by atoms with Crippen molar-refractivity contribution in [3.63, 3.8) is 0 Å². The van der Waals surface area contributed by atoms with Gasteiger partial charge in [0.2, 0.25) is 15.9 Å². The second-order valence-electron chi connectivity index (χ2n) is 7.11. The molecule has 2 unspecified atom stereocenters. The molecule has 1 amide bonds. The van der Waals surface area contributed by atoms with Crippen LogP contribution < -0.4 is 5.32 Å². The van der Waals surface area contributed by atoms with Gasteiger partial charge in [-0.3, -0.25) is 4.79 Å². The van der Waals surface area contributed by atoms with E-state index in [9.17, 15) is 23.3 Å². The summed E-state index contributed by atoms with van der Waals surface area (Å²) in [6.45, 7) is 1.36. The number of nitrogens with zero attached hydrogens (tertiary/aromatic N) is 2. The van der Waals surface area contributed by atoms with E-state index in [2.05, 4.69) is 5.32 Å². The van der Waals surface area contributed by atoms with Gasteiger partial charge in [-0.15, -0.1) is 0 Å². The van der Waals surface area contributed by atoms with Crippen LogP contribution in [0.4, 0.5) is 0 Å². The van der Waals surface area contributed by atoms with Gasteiger partial charge in [-0.2, -0.15) is 4.31 Å². The Kier molecular flexibility index (Phi) is 6.54. The van der Waals surface area contributed by atoms with Crippen LogP contribution in [0.25, 0.3) is 0 Å². The summed E-state index contributed by atoms with van der Waals surface area (Å²) in [6, 6.07) is 8.25. The van der Waals surface area contributed by atoms with E-state index in [4.69, 9.17) is 0 Å². The molecular weight excluding hydrogens is 369 g/mol. The van der Waals surface area contributed by atoms with Crippen molar-refractivity contribution >= 4 is 23.0 Å². The van der Waals surface area contributed by atoms with Gasteiger partial charge in [0.05, 0.1) is 17.4 Å². The van der Waals surface area contributed by atoms with E-state index in [0.29, 0.717) is 26.1 Å². The molecule has 2 aliphatic rings. The highest BCUT2D eigenvalue weighted by Gasteiger charge is 2.37. The third-order valence-electron chi connectivity index (χ3n) is 5.27. The summed E-state index contributed by atoms with van der Waals surface area (Å²) in [7, 11) is -5.07. The van der Waals surface area contributed by atoms with Gasteiger partial charge >= 0.3 is 7.12 Å². The topological polar surface area (TPSA) is 110 Å². The first-order valence-electron chi connectivity index (χ1n) is 9.34. The normalized spacial score (nSPS) is 24.1. The summed E-state index contributed by atoms with van der Waals surface area (Å²) < 4.78 is 27.0. The highest BCUT2D eigenvalue weighted by molar-refractivity contribution is 7.89. The van der Waals surface area contributed by atoms with Gasteiger partial charge in [-0.25, -0.2) is 8.42 Å². The first kappa shape index (κ1) is 20.3. The van der Waals surface area contributed by atoms with Crippen molar-refractivity contribution in [1.29, 1.82) is 0 Å². The molecule has 2 aliphatic heterocycles. The highest BCUT2D eigenvalue weighted by atomic mass is 32.2. The van der Waals surface area contributed by atoms with Gasteiger partial charge in [0.1, 0.15) is 0 Å². The number of hydrogen-bond donors (Lipinski definition) is 3. The van der Waals surface area contributed by atoms with Gasteiger partial charge in [0.25, 0.3) is 0 Å². The number of sulfonamides is 1. The van der Waals surface area contributed by atoms with E-state index in [1.54, 1.807) is 30.3 Å². The largest absolute Gasteiger partial charge is 0.475 e. The number of carbonyl (C=O) groups excluding carboxylic acids is 1. The van der Waals surface area contributed by atoms with Gasteiger partial charge in [0.15, 0.2) is 0 Å². The van der Waals surface area contributed by atoms with Gasteiger partial charge in [-0.1, -0.05) is 18.2 Å². The number of amides is 1. The molecule has 3 rings (SSSR count). The Bertz CT molecular complexity index is 746. The van der Waals surface area contributed by atoms with Crippen LogP contribution in [-0.4, -0.2) is 78.9 Å². The number of carbonyl (C=O) groups is 1. The standard InChI is InChI=1S/C17H26BN3O5S/c22-17(21-11-5-9-16(21)18(23)24)12-19-14-6-4-10-20(13-14)27(25,26)15-7-2-1-3-8-15/h1-3,7-8,14,16,19,23-24H,4-6,9-13H2. The van der Waals surface area contributed by atoms with Crippen LogP contribution in [0.2, 0.25) is 0 Å². The van der Waals surface area contributed by atoms with Crippen molar-refractivity contribution in [2.24, 2.45) is 0 Å². The average Bonchev–Trinajstić information content (AvgIpc) is 3.17. The predicted octanol–water partition coefficient (Wildman–Crippen LogP) is -0.568. The van der Waals surface area contributed by atoms with Gasteiger partial charge in [-0.05, 0) is 37.8 Å². The van der Waals surface area contributed by atoms with Crippen LogP contribution >= 0.6 is 0 Å². The molecule has 27 heavy (non-hydrogen) atoms. The summed E-state index contributed by atoms with van der Waals surface area (Å²) in [5.74, 6) is -0.741. The summed E-state index contributed by atoms with van der Waals surface area (Å²) >= 11 is 0. The maximum Gasteiger partial charge on any atom is 0.475 e. The first-order chi connectivity index (χ1) is 12.9. The van der Waals surface area contributed by atoms with Crippen molar-refractivity contribution in [3.8, 4) is 0 Å². The SMILES string of the molecule is O=C(CNC1CCCN(S(=O)(=O)c2ccccc2)C1)N1CCCC1B(O)O. The summed E-state index contributed by atoms with van der Waals surface area (Å²) in [5.41, 5.74) is 0. The van der Waals surface area contributed by atoms with Crippen molar-refractivity contribution in [2.45, 2.75) is 42.6 Å². The van der Waals surface area contributed by atoms with Crippen LogP contribution in [0.15, 0.2) is 35.2 Å². The lowest BCUT2D eigenvalue weighted by molar-refractivity contribution is -0.130. The lowest BCUT2D eigenvalue weighted by Crippen LogP contribution is -2.52. The maximum atomic E-state index is 12.8. The predicted molar refractivity (Wildman–Crippen MR) is 101 cm³/mol. The van der Waals surface area contributed by atoms with Crippen molar-refractivity contribution < 1.29 is 23.3 Å². The Balaban J connectivity index is 1.57. The molecular formula is C17H26BN3O5S. The van der Waals surface area contributed by atoms with Crippen LogP contribution in [0.5, 0.6) is 0 Å².